The van der Waals surface area contributed by atoms with Crippen LogP contribution in [0.4, 0.5) is 0 Å². The van der Waals surface area contributed by atoms with Gasteiger partial charge >= 0.3 is 11.9 Å². The maximum absolute atomic E-state index is 13.0. The Balaban J connectivity index is 1.31. The van der Waals surface area contributed by atoms with E-state index in [2.05, 4.69) is 4.98 Å². The Morgan fingerprint density at radius 2 is 1.93 bits per heavy atom. The van der Waals surface area contributed by atoms with Crippen molar-refractivity contribution in [3.05, 3.63) is 47.4 Å². The Labute approximate surface area is 239 Å². The number of fused-ring (bicyclic) bond motifs is 6. The van der Waals surface area contributed by atoms with Crippen LogP contribution in [0.1, 0.15) is 17.7 Å². The average Bonchev–Trinajstić information content (AvgIpc) is 3.50. The summed E-state index contributed by atoms with van der Waals surface area (Å²) in [5.74, 6) is -3.33. The summed E-state index contributed by atoms with van der Waals surface area (Å²) >= 11 is 0. The fraction of sp³-hybridized carbons (Fsp3) is 0.571. The van der Waals surface area contributed by atoms with Crippen LogP contribution in [-0.2, 0) is 45.4 Å². The highest BCUT2D eigenvalue weighted by Gasteiger charge is 2.69. The van der Waals surface area contributed by atoms with Crippen molar-refractivity contribution in [2.24, 2.45) is 11.8 Å². The van der Waals surface area contributed by atoms with Gasteiger partial charge in [0.1, 0.15) is 30.5 Å². The maximum atomic E-state index is 13.0. The van der Waals surface area contributed by atoms with Crippen molar-refractivity contribution in [2.45, 2.75) is 67.7 Å². The largest absolute Gasteiger partial charge is 0.480 e. The van der Waals surface area contributed by atoms with E-state index >= 15 is 0 Å². The summed E-state index contributed by atoms with van der Waals surface area (Å²) in [4.78, 5) is 31.1. The van der Waals surface area contributed by atoms with Gasteiger partial charge in [-0.15, -0.1) is 0 Å². The van der Waals surface area contributed by atoms with Crippen LogP contribution in [0.2, 0.25) is 0 Å². The van der Waals surface area contributed by atoms with Crippen LogP contribution in [0.5, 0.6) is 0 Å². The van der Waals surface area contributed by atoms with E-state index in [9.17, 15) is 35.1 Å². The van der Waals surface area contributed by atoms with Gasteiger partial charge in [0.2, 0.25) is 6.29 Å². The number of esters is 1. The van der Waals surface area contributed by atoms with Gasteiger partial charge in [0.05, 0.1) is 43.3 Å². The molecule has 5 aliphatic rings. The second kappa shape index (κ2) is 9.99. The van der Waals surface area contributed by atoms with Crippen molar-refractivity contribution in [2.75, 3.05) is 20.3 Å². The molecule has 3 fully saturated rings. The topological polar surface area (TPSA) is 200 Å². The van der Waals surface area contributed by atoms with E-state index in [1.165, 1.54) is 13.4 Å². The molecule has 2 bridgehead atoms. The van der Waals surface area contributed by atoms with Gasteiger partial charge in [0, 0.05) is 29.8 Å². The van der Waals surface area contributed by atoms with Gasteiger partial charge in [0.15, 0.2) is 12.0 Å². The lowest BCUT2D eigenvalue weighted by Gasteiger charge is -2.49. The fourth-order valence-corrected chi connectivity index (χ4v) is 7.53. The quantitative estimate of drug-likeness (QED) is 0.230. The Hall–Kier alpha value is -3.08. The first-order valence-electron chi connectivity index (χ1n) is 13.9. The molecule has 7 rings (SSSR count). The third-order valence-electron chi connectivity index (χ3n) is 9.42. The number of ether oxygens (including phenoxy) is 5. The van der Waals surface area contributed by atoms with Crippen LogP contribution < -0.4 is 0 Å². The van der Waals surface area contributed by atoms with Crippen molar-refractivity contribution in [3.63, 3.8) is 0 Å². The number of carboxylic acid groups (broad SMARTS) is 1. The maximum Gasteiger partial charge on any atom is 0.337 e. The van der Waals surface area contributed by atoms with Gasteiger partial charge in [0.25, 0.3) is 0 Å². The molecule has 0 unspecified atom stereocenters. The Morgan fingerprint density at radius 1 is 1.14 bits per heavy atom. The first kappa shape index (κ1) is 27.7. The standard InChI is InChI=1S/C28H32N2O12/c1-38-25(37)14-10-39-26(41-27-21(34)20(33)19(32)16(9-31)40-27)17-13(14)8-28-23-12(11-4-2-3-5-15(11)29-23)6-7-30(28)18(24(35)36)22(17)42-28/h2-5,10,13,16-22,26-27,29,31-34H,6-9H2,1H3,(H,35,36)/t13-,16-,17+,18+,19-,20+,21-,22+,26+,27+,28+/m1/s1. The Morgan fingerprint density at radius 3 is 2.67 bits per heavy atom. The second-order valence-corrected chi connectivity index (χ2v) is 11.4. The van der Waals surface area contributed by atoms with Crippen LogP contribution in [0, 0.1) is 11.8 Å². The first-order chi connectivity index (χ1) is 20.2. The summed E-state index contributed by atoms with van der Waals surface area (Å²) in [6.07, 6.45) is -8.17. The summed E-state index contributed by atoms with van der Waals surface area (Å²) in [5, 5.41) is 52.2. The number of aromatic nitrogens is 1. The molecule has 42 heavy (non-hydrogen) atoms. The molecule has 1 aromatic carbocycles. The molecule has 3 saturated heterocycles. The molecule has 11 atom stereocenters. The smallest absolute Gasteiger partial charge is 0.337 e. The zero-order valence-corrected chi connectivity index (χ0v) is 22.5. The number of aromatic amines is 1. The first-order valence-corrected chi connectivity index (χ1v) is 13.9. The molecule has 6 heterocycles. The number of carbonyl (C=O) groups is 2. The fourth-order valence-electron chi connectivity index (χ4n) is 7.53. The summed E-state index contributed by atoms with van der Waals surface area (Å²) < 4.78 is 29.1. The number of benzene rings is 1. The van der Waals surface area contributed by atoms with Crippen molar-refractivity contribution in [3.8, 4) is 0 Å². The van der Waals surface area contributed by atoms with Gasteiger partial charge in [-0.1, -0.05) is 18.2 Å². The number of carboxylic acids is 1. The molecule has 0 amide bonds. The van der Waals surface area contributed by atoms with Crippen molar-refractivity contribution in [1.29, 1.82) is 0 Å². The van der Waals surface area contributed by atoms with E-state index in [0.717, 1.165) is 22.2 Å². The van der Waals surface area contributed by atoms with Gasteiger partial charge in [-0.3, -0.25) is 9.69 Å². The normalized spacial score (nSPS) is 40.8. The minimum Gasteiger partial charge on any atom is -0.480 e. The molecular weight excluding hydrogens is 556 g/mol. The van der Waals surface area contributed by atoms with Gasteiger partial charge in [-0.05, 0) is 18.1 Å². The summed E-state index contributed by atoms with van der Waals surface area (Å²) in [5.41, 5.74) is 1.64. The molecule has 6 N–H and O–H groups in total. The molecule has 2 aromatic rings. The van der Waals surface area contributed by atoms with Crippen LogP contribution in [0.3, 0.4) is 0 Å². The monoisotopic (exact) mass is 588 g/mol. The summed E-state index contributed by atoms with van der Waals surface area (Å²) in [6, 6.07) is 6.66. The number of para-hydroxylation sites is 1. The lowest BCUT2D eigenvalue weighted by atomic mass is 9.73. The molecule has 0 saturated carbocycles. The Kier molecular flexibility index (Phi) is 6.60. The van der Waals surface area contributed by atoms with Crippen LogP contribution >= 0.6 is 0 Å². The van der Waals surface area contributed by atoms with E-state index in [1.54, 1.807) is 0 Å². The molecule has 0 aliphatic carbocycles. The van der Waals surface area contributed by atoms with Gasteiger partial charge in [-0.25, -0.2) is 4.79 Å². The number of nitrogens with one attached hydrogen (secondary N) is 1. The molecule has 5 aliphatic heterocycles. The number of nitrogens with zero attached hydrogens (tertiary/aromatic N) is 1. The molecule has 0 radical (unpaired) electrons. The highest BCUT2D eigenvalue weighted by Crippen LogP contribution is 2.59. The number of H-pyrrole nitrogens is 1. The SMILES string of the molecule is COC(=O)C1=CO[C@@H](O[C@@H]2O[C@H](CO)[C@@H](O)[C@H](O)[C@H]2O)[C@@H]2[C@@H]3O[C@@]4(C[C@H]12)c1[nH]c2ccccc2c1CCN4[C@@H]3C(=O)O. The zero-order valence-electron chi connectivity index (χ0n) is 22.5. The van der Waals surface area contributed by atoms with Gasteiger partial charge in [-0.2, -0.15) is 0 Å². The lowest BCUT2D eigenvalue weighted by Crippen LogP contribution is -2.61. The molecule has 14 heteroatoms. The number of rotatable bonds is 5. The van der Waals surface area contributed by atoms with E-state index in [-0.39, 0.29) is 12.0 Å². The number of aliphatic carboxylic acids is 1. The van der Waals surface area contributed by atoms with Crippen molar-refractivity contribution in [1.82, 2.24) is 9.88 Å². The molecular formula is C28H32N2O12. The van der Waals surface area contributed by atoms with Crippen LogP contribution in [0.25, 0.3) is 10.9 Å². The number of hydrogen-bond acceptors (Lipinski definition) is 12. The summed E-state index contributed by atoms with van der Waals surface area (Å²) in [6.45, 7) is -0.274. The van der Waals surface area contributed by atoms with Crippen LogP contribution in [0.15, 0.2) is 36.1 Å². The lowest BCUT2D eigenvalue weighted by molar-refractivity contribution is -0.350. The minimum absolute atomic E-state index is 0.163. The molecule has 1 spiro atoms. The third kappa shape index (κ3) is 3.80. The van der Waals surface area contributed by atoms with Gasteiger partial charge < -0.3 is 54.2 Å². The molecule has 1 aromatic heterocycles. The zero-order chi connectivity index (χ0) is 29.5. The van der Waals surface area contributed by atoms with Crippen molar-refractivity contribution < 1.29 is 58.8 Å². The molecule has 14 nitrogen and oxygen atoms in total. The van der Waals surface area contributed by atoms with E-state index < -0.39 is 85.2 Å². The number of methoxy groups -OCH3 is 1. The van der Waals surface area contributed by atoms with Crippen molar-refractivity contribution >= 4 is 22.8 Å². The summed E-state index contributed by atoms with van der Waals surface area (Å²) in [7, 11) is 1.24. The number of hydrogen-bond donors (Lipinski definition) is 6. The number of aliphatic hydroxyl groups is 4. The van der Waals surface area contributed by atoms with E-state index in [1.807, 2.05) is 29.2 Å². The highest BCUT2D eigenvalue weighted by molar-refractivity contribution is 5.89. The minimum atomic E-state index is -1.72. The van der Waals surface area contributed by atoms with Crippen LogP contribution in [-0.4, -0.2) is 117 Å². The predicted octanol–water partition coefficient (Wildman–Crippen LogP) is -1.10. The van der Waals surface area contributed by atoms with E-state index in [4.69, 9.17) is 23.7 Å². The third-order valence-corrected chi connectivity index (χ3v) is 9.42. The second-order valence-electron chi connectivity index (χ2n) is 11.4. The molecule has 226 valence electrons. The number of carbonyl (C=O) groups excluding carboxylic acids is 1. The Bertz CT molecular complexity index is 1440. The van der Waals surface area contributed by atoms with E-state index in [0.29, 0.717) is 13.0 Å². The highest BCUT2D eigenvalue weighted by atomic mass is 16.8. The number of aliphatic hydroxyl groups excluding tert-OH is 4. The predicted molar refractivity (Wildman–Crippen MR) is 138 cm³/mol. The average molecular weight is 589 g/mol.